The largest absolute Gasteiger partial charge is 0.398 e. The number of halogens is 3. The molecule has 0 aliphatic rings. The molecule has 0 aliphatic heterocycles. The molecule has 21 heavy (non-hydrogen) atoms. The van der Waals surface area contributed by atoms with E-state index >= 15 is 0 Å². The third kappa shape index (κ3) is 2.62. The predicted octanol–water partition coefficient (Wildman–Crippen LogP) is 3.47. The van der Waals surface area contributed by atoms with E-state index in [1.165, 1.54) is 10.7 Å². The van der Waals surface area contributed by atoms with Gasteiger partial charge in [-0.2, -0.15) is 4.68 Å². The number of nitrogens with two attached hydrogens (primary N) is 1. The van der Waals surface area contributed by atoms with Crippen LogP contribution in [0.15, 0.2) is 40.9 Å². The molecular formula is C13H8BrClFN5. The topological polar surface area (TPSA) is 69.6 Å². The first-order valence-corrected chi connectivity index (χ1v) is 7.02. The molecule has 106 valence electrons. The molecule has 0 amide bonds. The lowest BCUT2D eigenvalue weighted by Gasteiger charge is -2.08. The Morgan fingerprint density at radius 1 is 1.19 bits per heavy atom. The molecule has 8 heteroatoms. The maximum atomic E-state index is 13.3. The highest BCUT2D eigenvalue weighted by Crippen LogP contribution is 2.28. The molecule has 1 heterocycles. The van der Waals surface area contributed by atoms with Crippen LogP contribution in [0, 0.1) is 5.82 Å². The first-order valence-electron chi connectivity index (χ1n) is 5.85. The fourth-order valence-corrected chi connectivity index (χ4v) is 2.43. The number of hydrogen-bond donors (Lipinski definition) is 1. The van der Waals surface area contributed by atoms with Crippen LogP contribution < -0.4 is 5.73 Å². The monoisotopic (exact) mass is 367 g/mol. The Morgan fingerprint density at radius 3 is 2.71 bits per heavy atom. The van der Waals surface area contributed by atoms with Crippen molar-refractivity contribution in [3.63, 3.8) is 0 Å². The zero-order valence-corrected chi connectivity index (χ0v) is 12.8. The van der Waals surface area contributed by atoms with Gasteiger partial charge in [-0.3, -0.25) is 0 Å². The third-order valence-corrected chi connectivity index (χ3v) is 3.71. The van der Waals surface area contributed by atoms with Crippen LogP contribution in [0.1, 0.15) is 0 Å². The Morgan fingerprint density at radius 2 is 2.00 bits per heavy atom. The second-order valence-electron chi connectivity index (χ2n) is 4.24. The standard InChI is InChI=1S/C13H8BrClFN5/c14-10-6-8(2-4-11(10)16)21-13(18-19-20-21)9-3-1-7(15)5-12(9)17/h1-6H,17H2. The highest BCUT2D eigenvalue weighted by Gasteiger charge is 2.14. The molecule has 0 saturated heterocycles. The fraction of sp³-hybridized carbons (Fsp3) is 0. The van der Waals surface area contributed by atoms with Crippen LogP contribution in [0.25, 0.3) is 17.1 Å². The summed E-state index contributed by atoms with van der Waals surface area (Å²) in [4.78, 5) is 0. The van der Waals surface area contributed by atoms with Crippen molar-refractivity contribution in [3.05, 3.63) is 51.7 Å². The maximum absolute atomic E-state index is 13.3. The number of aromatic nitrogens is 4. The molecule has 0 saturated carbocycles. The molecule has 0 bridgehead atoms. The van der Waals surface area contributed by atoms with Gasteiger partial charge in [-0.05, 0) is 62.8 Å². The Balaban J connectivity index is 2.14. The van der Waals surface area contributed by atoms with Crippen LogP contribution in [0.3, 0.4) is 0 Å². The van der Waals surface area contributed by atoms with Crippen molar-refractivity contribution in [2.24, 2.45) is 0 Å². The highest BCUT2D eigenvalue weighted by atomic mass is 79.9. The lowest BCUT2D eigenvalue weighted by atomic mass is 10.1. The van der Waals surface area contributed by atoms with Crippen LogP contribution in [-0.2, 0) is 0 Å². The summed E-state index contributed by atoms with van der Waals surface area (Å²) in [5.74, 6) is 0.0852. The molecule has 0 atom stereocenters. The van der Waals surface area contributed by atoms with Gasteiger partial charge in [-0.25, -0.2) is 4.39 Å². The SMILES string of the molecule is Nc1cc(Cl)ccc1-c1nnnn1-c1ccc(F)c(Br)c1. The predicted molar refractivity (Wildman–Crippen MR) is 81.7 cm³/mol. The zero-order valence-electron chi connectivity index (χ0n) is 10.5. The van der Waals surface area contributed by atoms with Gasteiger partial charge in [0, 0.05) is 16.3 Å². The van der Waals surface area contributed by atoms with Crippen LogP contribution >= 0.6 is 27.5 Å². The van der Waals surface area contributed by atoms with E-state index in [9.17, 15) is 4.39 Å². The minimum Gasteiger partial charge on any atom is -0.398 e. The number of rotatable bonds is 2. The van der Waals surface area contributed by atoms with E-state index in [0.717, 1.165) is 0 Å². The minimum absolute atomic E-state index is 0.325. The van der Waals surface area contributed by atoms with Gasteiger partial charge in [-0.1, -0.05) is 11.6 Å². The van der Waals surface area contributed by atoms with Gasteiger partial charge < -0.3 is 5.73 Å². The second-order valence-corrected chi connectivity index (χ2v) is 5.54. The molecule has 1 aromatic heterocycles. The van der Waals surface area contributed by atoms with Gasteiger partial charge in [0.05, 0.1) is 10.2 Å². The van der Waals surface area contributed by atoms with Crippen molar-refractivity contribution in [2.75, 3.05) is 5.73 Å². The summed E-state index contributed by atoms with van der Waals surface area (Å²) >= 11 is 9.02. The van der Waals surface area contributed by atoms with Crippen LogP contribution in [0.4, 0.5) is 10.1 Å². The lowest BCUT2D eigenvalue weighted by molar-refractivity contribution is 0.620. The molecule has 2 N–H and O–H groups in total. The van der Waals surface area contributed by atoms with E-state index < -0.39 is 0 Å². The van der Waals surface area contributed by atoms with Crippen molar-refractivity contribution in [1.29, 1.82) is 0 Å². The molecule has 0 spiro atoms. The van der Waals surface area contributed by atoms with E-state index in [2.05, 4.69) is 31.5 Å². The average molecular weight is 369 g/mol. The van der Waals surface area contributed by atoms with E-state index in [1.54, 1.807) is 30.3 Å². The Bertz CT molecular complexity index is 820. The normalized spacial score (nSPS) is 10.8. The third-order valence-electron chi connectivity index (χ3n) is 2.87. The molecule has 5 nitrogen and oxygen atoms in total. The molecule has 3 aromatic rings. The molecule has 0 radical (unpaired) electrons. The minimum atomic E-state index is -0.362. The first kappa shape index (κ1) is 14.0. The van der Waals surface area contributed by atoms with E-state index in [-0.39, 0.29) is 5.82 Å². The Labute approximate surface area is 132 Å². The lowest BCUT2D eigenvalue weighted by Crippen LogP contribution is -2.02. The van der Waals surface area contributed by atoms with Gasteiger partial charge in [0.2, 0.25) is 0 Å². The number of nitrogen functional groups attached to an aromatic ring is 1. The van der Waals surface area contributed by atoms with Crippen LogP contribution in [-0.4, -0.2) is 20.2 Å². The number of nitrogens with zero attached hydrogens (tertiary/aromatic N) is 4. The summed E-state index contributed by atoms with van der Waals surface area (Å²) in [6.07, 6.45) is 0. The summed E-state index contributed by atoms with van der Waals surface area (Å²) in [6.45, 7) is 0. The van der Waals surface area contributed by atoms with Gasteiger partial charge in [-0.15, -0.1) is 5.10 Å². The van der Waals surface area contributed by atoms with Crippen molar-refractivity contribution >= 4 is 33.2 Å². The quantitative estimate of drug-likeness (QED) is 0.703. The molecule has 0 unspecified atom stereocenters. The van der Waals surface area contributed by atoms with Gasteiger partial charge in [0.15, 0.2) is 5.82 Å². The number of hydrogen-bond acceptors (Lipinski definition) is 4. The Hall–Kier alpha value is -1.99. The molecule has 2 aromatic carbocycles. The summed E-state index contributed by atoms with van der Waals surface area (Å²) in [6, 6.07) is 9.55. The fourth-order valence-electron chi connectivity index (χ4n) is 1.88. The van der Waals surface area contributed by atoms with Gasteiger partial charge >= 0.3 is 0 Å². The van der Waals surface area contributed by atoms with Crippen molar-refractivity contribution < 1.29 is 4.39 Å². The van der Waals surface area contributed by atoms with Crippen molar-refractivity contribution in [2.45, 2.75) is 0 Å². The molecule has 0 fully saturated rings. The summed E-state index contributed by atoms with van der Waals surface area (Å²) < 4.78 is 15.1. The van der Waals surface area contributed by atoms with Crippen LogP contribution in [0.2, 0.25) is 5.02 Å². The van der Waals surface area contributed by atoms with E-state index in [0.29, 0.717) is 32.3 Å². The number of tetrazole rings is 1. The Kier molecular flexibility index (Phi) is 3.60. The smallest absolute Gasteiger partial charge is 0.189 e. The summed E-state index contributed by atoms with van der Waals surface area (Å²) in [5, 5.41) is 12.1. The maximum Gasteiger partial charge on any atom is 0.189 e. The molecule has 0 aliphatic carbocycles. The van der Waals surface area contributed by atoms with Crippen molar-refractivity contribution in [1.82, 2.24) is 20.2 Å². The van der Waals surface area contributed by atoms with E-state index in [1.807, 2.05) is 0 Å². The van der Waals surface area contributed by atoms with Gasteiger partial charge in [0.25, 0.3) is 0 Å². The number of benzene rings is 2. The summed E-state index contributed by atoms with van der Waals surface area (Å²) in [7, 11) is 0. The zero-order chi connectivity index (χ0) is 15.0. The molecule has 3 rings (SSSR count). The van der Waals surface area contributed by atoms with Crippen LogP contribution in [0.5, 0.6) is 0 Å². The number of anilines is 1. The molecular weight excluding hydrogens is 361 g/mol. The highest BCUT2D eigenvalue weighted by molar-refractivity contribution is 9.10. The van der Waals surface area contributed by atoms with Crippen molar-refractivity contribution in [3.8, 4) is 17.1 Å². The van der Waals surface area contributed by atoms with Gasteiger partial charge in [0.1, 0.15) is 5.82 Å². The summed E-state index contributed by atoms with van der Waals surface area (Å²) in [5.41, 5.74) is 7.66. The van der Waals surface area contributed by atoms with E-state index in [4.69, 9.17) is 17.3 Å². The second kappa shape index (κ2) is 5.42. The average Bonchev–Trinajstić information content (AvgIpc) is 2.91. The first-order chi connectivity index (χ1) is 10.1.